The normalized spacial score (nSPS) is 25.1. The summed E-state index contributed by atoms with van der Waals surface area (Å²) >= 11 is 0. The SMILES string of the molecule is CC(=O)CC(C)N1CCCC(CCO)C1. The summed E-state index contributed by atoms with van der Waals surface area (Å²) in [7, 11) is 0. The van der Waals surface area contributed by atoms with Gasteiger partial charge in [-0.05, 0) is 45.6 Å². The van der Waals surface area contributed by atoms with Gasteiger partial charge in [0.1, 0.15) is 5.78 Å². The van der Waals surface area contributed by atoms with Crippen molar-refractivity contribution >= 4 is 5.78 Å². The lowest BCUT2D eigenvalue weighted by Crippen LogP contribution is -2.42. The second kappa shape index (κ2) is 6.23. The van der Waals surface area contributed by atoms with E-state index in [9.17, 15) is 4.79 Å². The lowest BCUT2D eigenvalue weighted by molar-refractivity contribution is -0.118. The van der Waals surface area contributed by atoms with Crippen molar-refractivity contribution in [1.29, 1.82) is 0 Å². The first kappa shape index (κ1) is 12.7. The molecule has 1 saturated heterocycles. The van der Waals surface area contributed by atoms with Gasteiger partial charge in [0.15, 0.2) is 0 Å². The van der Waals surface area contributed by atoms with E-state index in [0.29, 0.717) is 25.0 Å². The molecule has 1 aliphatic heterocycles. The highest BCUT2D eigenvalue weighted by molar-refractivity contribution is 5.76. The number of carbonyl (C=O) groups excluding carboxylic acids is 1. The maximum Gasteiger partial charge on any atom is 0.131 e. The summed E-state index contributed by atoms with van der Waals surface area (Å²) < 4.78 is 0. The van der Waals surface area contributed by atoms with Gasteiger partial charge in [0.25, 0.3) is 0 Å². The fraction of sp³-hybridized carbons (Fsp3) is 0.917. The Labute approximate surface area is 92.5 Å². The van der Waals surface area contributed by atoms with Crippen LogP contribution in [0.25, 0.3) is 0 Å². The molecule has 0 aromatic heterocycles. The number of carbonyl (C=O) groups is 1. The zero-order chi connectivity index (χ0) is 11.3. The smallest absolute Gasteiger partial charge is 0.131 e. The van der Waals surface area contributed by atoms with Crippen molar-refractivity contribution in [3.8, 4) is 0 Å². The van der Waals surface area contributed by atoms with Gasteiger partial charge in [-0.1, -0.05) is 0 Å². The van der Waals surface area contributed by atoms with Crippen LogP contribution in [-0.4, -0.2) is 41.5 Å². The van der Waals surface area contributed by atoms with Crippen molar-refractivity contribution in [3.63, 3.8) is 0 Å². The summed E-state index contributed by atoms with van der Waals surface area (Å²) in [6.45, 7) is 6.24. The Morgan fingerprint density at radius 1 is 1.60 bits per heavy atom. The molecule has 0 bridgehead atoms. The van der Waals surface area contributed by atoms with Crippen molar-refractivity contribution in [2.24, 2.45) is 5.92 Å². The highest BCUT2D eigenvalue weighted by Crippen LogP contribution is 2.21. The number of hydrogen-bond donors (Lipinski definition) is 1. The van der Waals surface area contributed by atoms with Crippen LogP contribution in [0.1, 0.15) is 39.5 Å². The number of aliphatic hydroxyl groups excluding tert-OH is 1. The third-order valence-electron chi connectivity index (χ3n) is 3.29. The molecule has 1 rings (SSSR count). The number of nitrogens with zero attached hydrogens (tertiary/aromatic N) is 1. The molecule has 2 atom stereocenters. The maximum absolute atomic E-state index is 11.0. The predicted molar refractivity (Wildman–Crippen MR) is 60.8 cm³/mol. The summed E-state index contributed by atoms with van der Waals surface area (Å²) in [6, 6.07) is 0.365. The van der Waals surface area contributed by atoms with Gasteiger partial charge in [0.05, 0.1) is 0 Å². The van der Waals surface area contributed by atoms with Gasteiger partial charge >= 0.3 is 0 Å². The minimum atomic E-state index is 0.270. The molecule has 1 heterocycles. The molecule has 0 aromatic carbocycles. The van der Waals surface area contributed by atoms with E-state index in [-0.39, 0.29) is 5.78 Å². The number of ketones is 1. The fourth-order valence-corrected chi connectivity index (χ4v) is 2.46. The number of rotatable bonds is 5. The molecule has 0 aromatic rings. The van der Waals surface area contributed by atoms with Crippen LogP contribution in [0.4, 0.5) is 0 Å². The molecule has 3 nitrogen and oxygen atoms in total. The van der Waals surface area contributed by atoms with E-state index in [1.807, 2.05) is 0 Å². The van der Waals surface area contributed by atoms with E-state index in [1.54, 1.807) is 6.92 Å². The highest BCUT2D eigenvalue weighted by atomic mass is 16.3. The summed E-state index contributed by atoms with van der Waals surface area (Å²) in [5.74, 6) is 0.893. The Morgan fingerprint density at radius 3 is 2.93 bits per heavy atom. The van der Waals surface area contributed by atoms with E-state index < -0.39 is 0 Å². The lowest BCUT2D eigenvalue weighted by Gasteiger charge is -2.36. The first-order chi connectivity index (χ1) is 7.13. The molecule has 0 radical (unpaired) electrons. The van der Waals surface area contributed by atoms with Crippen LogP contribution < -0.4 is 0 Å². The number of likely N-dealkylation sites (tertiary alicyclic amines) is 1. The average Bonchev–Trinajstić information content (AvgIpc) is 2.17. The van der Waals surface area contributed by atoms with Crippen LogP contribution in [0.2, 0.25) is 0 Å². The van der Waals surface area contributed by atoms with E-state index in [2.05, 4.69) is 11.8 Å². The van der Waals surface area contributed by atoms with Crippen molar-refractivity contribution in [2.75, 3.05) is 19.7 Å². The monoisotopic (exact) mass is 213 g/mol. The number of hydrogen-bond acceptors (Lipinski definition) is 3. The van der Waals surface area contributed by atoms with Crippen molar-refractivity contribution in [3.05, 3.63) is 0 Å². The Hall–Kier alpha value is -0.410. The van der Waals surface area contributed by atoms with Crippen LogP contribution >= 0.6 is 0 Å². The zero-order valence-electron chi connectivity index (χ0n) is 9.91. The molecule has 2 unspecified atom stereocenters. The van der Waals surface area contributed by atoms with E-state index in [4.69, 9.17) is 5.11 Å². The summed E-state index contributed by atoms with van der Waals surface area (Å²) in [4.78, 5) is 13.4. The fourth-order valence-electron chi connectivity index (χ4n) is 2.46. The highest BCUT2D eigenvalue weighted by Gasteiger charge is 2.23. The summed E-state index contributed by atoms with van der Waals surface area (Å²) in [6.07, 6.45) is 3.99. The largest absolute Gasteiger partial charge is 0.396 e. The third kappa shape index (κ3) is 4.31. The number of Topliss-reactive ketones (excluding diaryl/α,β-unsaturated/α-hetero) is 1. The van der Waals surface area contributed by atoms with Gasteiger partial charge in [-0.2, -0.15) is 0 Å². The quantitative estimate of drug-likeness (QED) is 0.751. The first-order valence-electron chi connectivity index (χ1n) is 5.97. The van der Waals surface area contributed by atoms with Gasteiger partial charge in [0.2, 0.25) is 0 Å². The molecule has 88 valence electrons. The van der Waals surface area contributed by atoms with Crippen LogP contribution in [0, 0.1) is 5.92 Å². The third-order valence-corrected chi connectivity index (χ3v) is 3.29. The topological polar surface area (TPSA) is 40.5 Å². The van der Waals surface area contributed by atoms with E-state index in [0.717, 1.165) is 19.5 Å². The number of aliphatic hydroxyl groups is 1. The van der Waals surface area contributed by atoms with E-state index in [1.165, 1.54) is 12.8 Å². The molecule has 15 heavy (non-hydrogen) atoms. The predicted octanol–water partition coefficient (Wildman–Crippen LogP) is 1.45. The molecule has 1 aliphatic rings. The molecular formula is C12H23NO2. The maximum atomic E-state index is 11.0. The van der Waals surface area contributed by atoms with Crippen molar-refractivity contribution in [2.45, 2.75) is 45.6 Å². The van der Waals surface area contributed by atoms with Crippen LogP contribution in [0.15, 0.2) is 0 Å². The first-order valence-corrected chi connectivity index (χ1v) is 5.97. The average molecular weight is 213 g/mol. The molecule has 0 aliphatic carbocycles. The van der Waals surface area contributed by atoms with Crippen LogP contribution in [0.3, 0.4) is 0 Å². The Kier molecular flexibility index (Phi) is 5.26. The molecule has 3 heteroatoms. The second-order valence-electron chi connectivity index (χ2n) is 4.77. The van der Waals surface area contributed by atoms with E-state index >= 15 is 0 Å². The van der Waals surface area contributed by atoms with Crippen molar-refractivity contribution in [1.82, 2.24) is 4.90 Å². The molecule has 1 fully saturated rings. The molecular weight excluding hydrogens is 190 g/mol. The molecule has 0 spiro atoms. The molecule has 1 N–H and O–H groups in total. The van der Waals surface area contributed by atoms with Gasteiger partial charge in [-0.25, -0.2) is 0 Å². The minimum absolute atomic E-state index is 0.270. The molecule has 0 saturated carbocycles. The van der Waals surface area contributed by atoms with Gasteiger partial charge in [-0.15, -0.1) is 0 Å². The Bertz CT molecular complexity index is 204. The van der Waals surface area contributed by atoms with Gasteiger partial charge < -0.3 is 5.11 Å². The number of piperidine rings is 1. The Morgan fingerprint density at radius 2 is 2.33 bits per heavy atom. The van der Waals surface area contributed by atoms with Crippen LogP contribution in [-0.2, 0) is 4.79 Å². The summed E-state index contributed by atoms with van der Waals surface area (Å²) in [5, 5.41) is 8.92. The lowest BCUT2D eigenvalue weighted by atomic mass is 9.93. The Balaban J connectivity index is 2.37. The molecule has 0 amide bonds. The van der Waals surface area contributed by atoms with Crippen molar-refractivity contribution < 1.29 is 9.90 Å². The zero-order valence-corrected chi connectivity index (χ0v) is 9.91. The van der Waals surface area contributed by atoms with Crippen LogP contribution in [0.5, 0.6) is 0 Å². The standard InChI is InChI=1S/C12H23NO2/c1-10(8-11(2)15)13-6-3-4-12(9-13)5-7-14/h10,12,14H,3-9H2,1-2H3. The van der Waals surface area contributed by atoms with Gasteiger partial charge in [-0.3, -0.25) is 9.69 Å². The second-order valence-corrected chi connectivity index (χ2v) is 4.77. The minimum Gasteiger partial charge on any atom is -0.396 e. The van der Waals surface area contributed by atoms with Gasteiger partial charge in [0, 0.05) is 25.6 Å². The summed E-state index contributed by atoms with van der Waals surface area (Å²) in [5.41, 5.74) is 0.